The summed E-state index contributed by atoms with van der Waals surface area (Å²) in [4.78, 5) is 18.1. The van der Waals surface area contributed by atoms with Gasteiger partial charge in [0.2, 0.25) is 5.91 Å². The molecule has 100 valence electrons. The summed E-state index contributed by atoms with van der Waals surface area (Å²) in [6.07, 6.45) is 3.50. The smallest absolute Gasteiger partial charge is 0.228 e. The lowest BCUT2D eigenvalue weighted by Crippen LogP contribution is -2.30. The summed E-state index contributed by atoms with van der Waals surface area (Å²) in [7, 11) is 0. The molecular weight excluding hydrogens is 273 g/mol. The highest BCUT2D eigenvalue weighted by Crippen LogP contribution is 2.38. The molecule has 0 aliphatic carbocycles. The number of hydrogen-bond donors (Lipinski definition) is 1. The number of aromatic nitrogens is 1. The van der Waals surface area contributed by atoms with E-state index in [-0.39, 0.29) is 36.1 Å². The summed E-state index contributed by atoms with van der Waals surface area (Å²) in [5, 5.41) is 3.35. The van der Waals surface area contributed by atoms with Crippen LogP contribution < -0.4 is 10.2 Å². The van der Waals surface area contributed by atoms with E-state index in [2.05, 4.69) is 10.3 Å². The number of anilines is 1. The van der Waals surface area contributed by atoms with E-state index in [1.165, 1.54) is 0 Å². The van der Waals surface area contributed by atoms with Crippen LogP contribution in [0.4, 0.5) is 5.82 Å². The largest absolute Gasteiger partial charge is 0.316 e. The van der Waals surface area contributed by atoms with E-state index in [1.807, 2.05) is 23.1 Å². The third-order valence-electron chi connectivity index (χ3n) is 3.58. The summed E-state index contributed by atoms with van der Waals surface area (Å²) in [6, 6.07) is 5.70. The van der Waals surface area contributed by atoms with Crippen molar-refractivity contribution in [3.8, 4) is 0 Å². The van der Waals surface area contributed by atoms with Crippen LogP contribution in [0.1, 0.15) is 12.8 Å². The quantitative estimate of drug-likeness (QED) is 0.855. The molecule has 1 atom stereocenters. The second-order valence-corrected chi connectivity index (χ2v) is 4.77. The van der Waals surface area contributed by atoms with Gasteiger partial charge in [0.05, 0.1) is 0 Å². The zero-order chi connectivity index (χ0) is 11.0. The number of carbonyl (C=O) groups is 1. The fourth-order valence-electron chi connectivity index (χ4n) is 2.70. The number of nitrogens with zero attached hydrogens (tertiary/aromatic N) is 2. The SMILES string of the molecule is Cl.Cl.O=C1CC2(CCNC2)CN1c1ccccn1. The fourth-order valence-corrected chi connectivity index (χ4v) is 2.70. The van der Waals surface area contributed by atoms with Crippen LogP contribution >= 0.6 is 24.8 Å². The summed E-state index contributed by atoms with van der Waals surface area (Å²) >= 11 is 0. The Morgan fingerprint density at radius 2 is 2.17 bits per heavy atom. The molecular formula is C12H17Cl2N3O. The van der Waals surface area contributed by atoms with Crippen molar-refractivity contribution in [1.82, 2.24) is 10.3 Å². The van der Waals surface area contributed by atoms with Gasteiger partial charge in [-0.25, -0.2) is 4.98 Å². The maximum Gasteiger partial charge on any atom is 0.228 e. The Bertz CT molecular complexity index is 407. The molecule has 2 aliphatic rings. The Kier molecular flexibility index (Phi) is 4.96. The number of nitrogens with one attached hydrogen (secondary N) is 1. The van der Waals surface area contributed by atoms with Crippen LogP contribution in [-0.2, 0) is 4.79 Å². The van der Waals surface area contributed by atoms with Gasteiger partial charge in [-0.1, -0.05) is 6.07 Å². The first-order chi connectivity index (χ1) is 7.79. The molecule has 0 radical (unpaired) electrons. The van der Waals surface area contributed by atoms with Crippen molar-refractivity contribution in [2.24, 2.45) is 5.41 Å². The lowest BCUT2D eigenvalue weighted by molar-refractivity contribution is -0.117. The van der Waals surface area contributed by atoms with Crippen molar-refractivity contribution < 1.29 is 4.79 Å². The maximum atomic E-state index is 12.0. The molecule has 1 amide bonds. The van der Waals surface area contributed by atoms with Crippen molar-refractivity contribution in [1.29, 1.82) is 0 Å². The molecule has 2 fully saturated rings. The number of halogens is 2. The third-order valence-corrected chi connectivity index (χ3v) is 3.58. The molecule has 1 unspecified atom stereocenters. The van der Waals surface area contributed by atoms with E-state index in [9.17, 15) is 4.79 Å². The molecule has 2 aliphatic heterocycles. The van der Waals surface area contributed by atoms with Gasteiger partial charge in [-0.2, -0.15) is 0 Å². The van der Waals surface area contributed by atoms with Gasteiger partial charge in [-0.3, -0.25) is 9.69 Å². The lowest BCUT2D eigenvalue weighted by Gasteiger charge is -2.21. The Morgan fingerprint density at radius 3 is 2.78 bits per heavy atom. The summed E-state index contributed by atoms with van der Waals surface area (Å²) in [5.74, 6) is 0.999. The molecule has 4 nitrogen and oxygen atoms in total. The normalized spacial score (nSPS) is 26.0. The minimum absolute atomic E-state index is 0. The molecule has 3 heterocycles. The molecule has 2 saturated heterocycles. The standard InChI is InChI=1S/C12H15N3O.2ClH/c16-11-7-12(4-6-13-8-12)9-15(11)10-3-1-2-5-14-10;;/h1-3,5,13H,4,6-9H2;2*1H. The molecule has 1 spiro atoms. The van der Waals surface area contributed by atoms with Crippen LogP contribution in [0.2, 0.25) is 0 Å². The first-order valence-electron chi connectivity index (χ1n) is 5.71. The van der Waals surface area contributed by atoms with E-state index in [1.54, 1.807) is 6.20 Å². The topological polar surface area (TPSA) is 45.2 Å². The van der Waals surface area contributed by atoms with Crippen molar-refractivity contribution in [3.05, 3.63) is 24.4 Å². The molecule has 0 bridgehead atoms. The van der Waals surface area contributed by atoms with Gasteiger partial charge >= 0.3 is 0 Å². The summed E-state index contributed by atoms with van der Waals surface area (Å²) in [5.41, 5.74) is 0.161. The number of pyridine rings is 1. The summed E-state index contributed by atoms with van der Waals surface area (Å²) < 4.78 is 0. The van der Waals surface area contributed by atoms with Crippen LogP contribution in [0.3, 0.4) is 0 Å². The van der Waals surface area contributed by atoms with Gasteiger partial charge in [0.25, 0.3) is 0 Å². The average molecular weight is 290 g/mol. The van der Waals surface area contributed by atoms with E-state index >= 15 is 0 Å². The van der Waals surface area contributed by atoms with Crippen LogP contribution in [0, 0.1) is 5.41 Å². The first-order valence-corrected chi connectivity index (χ1v) is 5.71. The van der Waals surface area contributed by atoms with E-state index in [0.717, 1.165) is 31.9 Å². The van der Waals surface area contributed by atoms with Gasteiger partial charge in [-0.15, -0.1) is 24.8 Å². The second-order valence-electron chi connectivity index (χ2n) is 4.77. The van der Waals surface area contributed by atoms with Gasteiger partial charge in [0.15, 0.2) is 0 Å². The number of amides is 1. The molecule has 1 aromatic heterocycles. The number of carbonyl (C=O) groups excluding carboxylic acids is 1. The predicted octanol–water partition coefficient (Wildman–Crippen LogP) is 1.64. The molecule has 3 rings (SSSR count). The Hall–Kier alpha value is -0.840. The first kappa shape index (κ1) is 15.2. The summed E-state index contributed by atoms with van der Waals surface area (Å²) in [6.45, 7) is 2.81. The third kappa shape index (κ3) is 2.60. The van der Waals surface area contributed by atoms with Crippen LogP contribution in [0.5, 0.6) is 0 Å². The van der Waals surface area contributed by atoms with Gasteiger partial charge in [0, 0.05) is 31.1 Å². The van der Waals surface area contributed by atoms with Crippen molar-refractivity contribution in [2.45, 2.75) is 12.8 Å². The minimum atomic E-state index is 0. The molecule has 0 saturated carbocycles. The van der Waals surface area contributed by atoms with Crippen molar-refractivity contribution in [2.75, 3.05) is 24.5 Å². The zero-order valence-electron chi connectivity index (χ0n) is 9.96. The van der Waals surface area contributed by atoms with Crippen LogP contribution in [0.15, 0.2) is 24.4 Å². The lowest BCUT2D eigenvalue weighted by atomic mass is 9.86. The Labute approximate surface area is 119 Å². The minimum Gasteiger partial charge on any atom is -0.316 e. The fraction of sp³-hybridized carbons (Fsp3) is 0.500. The zero-order valence-corrected chi connectivity index (χ0v) is 11.6. The highest BCUT2D eigenvalue weighted by Gasteiger charge is 2.45. The van der Waals surface area contributed by atoms with Crippen molar-refractivity contribution in [3.63, 3.8) is 0 Å². The second kappa shape index (κ2) is 5.87. The number of rotatable bonds is 1. The average Bonchev–Trinajstić information content (AvgIpc) is 2.88. The molecule has 1 N–H and O–H groups in total. The maximum absolute atomic E-state index is 12.0. The highest BCUT2D eigenvalue weighted by atomic mass is 35.5. The van der Waals surface area contributed by atoms with Gasteiger partial charge in [-0.05, 0) is 25.1 Å². The van der Waals surface area contributed by atoms with E-state index in [0.29, 0.717) is 6.42 Å². The molecule has 1 aromatic rings. The Balaban J connectivity index is 0.000000810. The molecule has 6 heteroatoms. The van der Waals surface area contributed by atoms with Crippen LogP contribution in [-0.4, -0.2) is 30.5 Å². The van der Waals surface area contributed by atoms with E-state index < -0.39 is 0 Å². The molecule has 18 heavy (non-hydrogen) atoms. The predicted molar refractivity (Wildman–Crippen MR) is 75.6 cm³/mol. The highest BCUT2D eigenvalue weighted by molar-refractivity contribution is 5.95. The van der Waals surface area contributed by atoms with E-state index in [4.69, 9.17) is 0 Å². The van der Waals surface area contributed by atoms with Gasteiger partial charge < -0.3 is 5.32 Å². The number of hydrogen-bond acceptors (Lipinski definition) is 3. The van der Waals surface area contributed by atoms with Crippen LogP contribution in [0.25, 0.3) is 0 Å². The van der Waals surface area contributed by atoms with Gasteiger partial charge in [0.1, 0.15) is 5.82 Å². The Morgan fingerprint density at radius 1 is 1.33 bits per heavy atom. The van der Waals surface area contributed by atoms with Crippen molar-refractivity contribution >= 4 is 36.5 Å². The molecule has 0 aromatic carbocycles. The monoisotopic (exact) mass is 289 g/mol.